The molecule has 11 heavy (non-hydrogen) atoms. The maximum atomic E-state index is 8.76. The Morgan fingerprint density at radius 3 is 3.00 bits per heavy atom. The van der Waals surface area contributed by atoms with Crippen molar-refractivity contribution in [2.45, 2.75) is 13.0 Å². The highest BCUT2D eigenvalue weighted by Gasteiger charge is 2.06. The topological polar surface area (TPSA) is 59.1 Å². The van der Waals surface area contributed by atoms with E-state index in [1.54, 1.807) is 6.20 Å². The first-order chi connectivity index (χ1) is 5.25. The van der Waals surface area contributed by atoms with E-state index in [4.69, 9.17) is 10.8 Å². The molecule has 1 atom stereocenters. The first-order valence-corrected chi connectivity index (χ1v) is 3.53. The number of aromatic nitrogens is 1. The van der Waals surface area contributed by atoms with E-state index < -0.39 is 0 Å². The van der Waals surface area contributed by atoms with E-state index in [9.17, 15) is 0 Å². The van der Waals surface area contributed by atoms with E-state index in [0.717, 1.165) is 11.3 Å². The Morgan fingerprint density at radius 1 is 1.73 bits per heavy atom. The molecular weight excluding hydrogens is 140 g/mol. The number of pyridine rings is 1. The van der Waals surface area contributed by atoms with E-state index in [1.807, 2.05) is 19.1 Å². The zero-order valence-electron chi connectivity index (χ0n) is 6.49. The van der Waals surface area contributed by atoms with Crippen molar-refractivity contribution in [2.24, 2.45) is 5.73 Å². The molecule has 1 unspecified atom stereocenters. The normalized spacial score (nSPS) is 13.0. The van der Waals surface area contributed by atoms with Gasteiger partial charge < -0.3 is 10.8 Å². The lowest BCUT2D eigenvalue weighted by Gasteiger charge is -2.09. The van der Waals surface area contributed by atoms with Gasteiger partial charge in [0.25, 0.3) is 0 Å². The molecule has 1 aromatic heterocycles. The predicted octanol–water partition coefficient (Wildman–Crippen LogP) is 0.382. The Kier molecular flexibility index (Phi) is 2.57. The summed E-state index contributed by atoms with van der Waals surface area (Å²) in [4.78, 5) is 4.06. The lowest BCUT2D eigenvalue weighted by Crippen LogP contribution is -2.16. The Hall–Kier alpha value is -0.930. The van der Waals surface area contributed by atoms with Crippen LogP contribution in [0.25, 0.3) is 0 Å². The smallest absolute Gasteiger partial charge is 0.0625 e. The third-order valence-electron chi connectivity index (χ3n) is 1.64. The zero-order chi connectivity index (χ0) is 8.27. The minimum absolute atomic E-state index is 0.0352. The second-order valence-corrected chi connectivity index (χ2v) is 2.47. The number of rotatable bonds is 2. The van der Waals surface area contributed by atoms with Crippen molar-refractivity contribution < 1.29 is 5.11 Å². The number of aryl methyl sites for hydroxylation is 1. The van der Waals surface area contributed by atoms with Crippen LogP contribution in [0.5, 0.6) is 0 Å². The summed E-state index contributed by atoms with van der Waals surface area (Å²) in [7, 11) is 0. The second kappa shape index (κ2) is 3.46. The Bertz CT molecular complexity index is 237. The van der Waals surface area contributed by atoms with Crippen LogP contribution >= 0.6 is 0 Å². The molecule has 1 aromatic rings. The maximum absolute atomic E-state index is 8.76. The van der Waals surface area contributed by atoms with E-state index in [1.165, 1.54) is 0 Å². The molecule has 0 saturated carbocycles. The van der Waals surface area contributed by atoms with E-state index >= 15 is 0 Å². The lowest BCUT2D eigenvalue weighted by molar-refractivity contribution is 0.267. The van der Waals surface area contributed by atoms with E-state index in [-0.39, 0.29) is 12.6 Å². The monoisotopic (exact) mass is 152 g/mol. The average Bonchev–Trinajstić information content (AvgIpc) is 2.04. The van der Waals surface area contributed by atoms with Gasteiger partial charge in [0.15, 0.2) is 0 Å². The van der Waals surface area contributed by atoms with Crippen molar-refractivity contribution >= 4 is 0 Å². The summed E-state index contributed by atoms with van der Waals surface area (Å²) in [5, 5.41) is 8.76. The highest BCUT2D eigenvalue weighted by molar-refractivity contribution is 5.21. The molecule has 0 aliphatic carbocycles. The predicted molar refractivity (Wildman–Crippen MR) is 43.0 cm³/mol. The van der Waals surface area contributed by atoms with Gasteiger partial charge in [-0.05, 0) is 18.6 Å². The summed E-state index contributed by atoms with van der Waals surface area (Å²) in [5.41, 5.74) is 7.40. The first kappa shape index (κ1) is 8.17. The Balaban J connectivity index is 2.93. The van der Waals surface area contributed by atoms with Crippen molar-refractivity contribution in [3.8, 4) is 0 Å². The molecular formula is C8H12N2O. The van der Waals surface area contributed by atoms with Crippen molar-refractivity contribution in [3.05, 3.63) is 29.6 Å². The zero-order valence-corrected chi connectivity index (χ0v) is 6.49. The van der Waals surface area contributed by atoms with Gasteiger partial charge in [-0.1, -0.05) is 6.07 Å². The molecule has 3 N–H and O–H groups in total. The molecule has 0 radical (unpaired) electrons. The van der Waals surface area contributed by atoms with Crippen LogP contribution in [0.2, 0.25) is 0 Å². The summed E-state index contributed by atoms with van der Waals surface area (Å²) in [6.07, 6.45) is 1.71. The fourth-order valence-corrected chi connectivity index (χ4v) is 0.987. The van der Waals surface area contributed by atoms with Crippen LogP contribution in [0.1, 0.15) is 17.3 Å². The van der Waals surface area contributed by atoms with Gasteiger partial charge in [-0.3, -0.25) is 4.98 Å². The molecule has 1 rings (SSSR count). The van der Waals surface area contributed by atoms with Crippen molar-refractivity contribution in [2.75, 3.05) is 6.61 Å². The van der Waals surface area contributed by atoms with Gasteiger partial charge in [-0.15, -0.1) is 0 Å². The number of nitrogens with zero attached hydrogens (tertiary/aromatic N) is 1. The largest absolute Gasteiger partial charge is 0.394 e. The molecule has 0 aromatic carbocycles. The van der Waals surface area contributed by atoms with Gasteiger partial charge in [-0.25, -0.2) is 0 Å². The molecule has 0 bridgehead atoms. The number of aliphatic hydroxyl groups excluding tert-OH is 1. The lowest BCUT2D eigenvalue weighted by atomic mass is 10.1. The summed E-state index contributed by atoms with van der Waals surface area (Å²) in [6, 6.07) is 3.39. The maximum Gasteiger partial charge on any atom is 0.0625 e. The minimum atomic E-state index is -0.302. The molecule has 1 heterocycles. The molecule has 0 aliphatic rings. The molecule has 3 nitrogen and oxygen atoms in total. The van der Waals surface area contributed by atoms with E-state index in [2.05, 4.69) is 4.98 Å². The third-order valence-corrected chi connectivity index (χ3v) is 1.64. The number of hydrogen-bond acceptors (Lipinski definition) is 3. The van der Waals surface area contributed by atoms with Gasteiger partial charge >= 0.3 is 0 Å². The van der Waals surface area contributed by atoms with Crippen LogP contribution in [0, 0.1) is 6.92 Å². The molecule has 0 saturated heterocycles. The van der Waals surface area contributed by atoms with Crippen LogP contribution in [-0.4, -0.2) is 16.7 Å². The van der Waals surface area contributed by atoms with Gasteiger partial charge in [0.1, 0.15) is 0 Å². The number of hydrogen-bond donors (Lipinski definition) is 2. The van der Waals surface area contributed by atoms with E-state index in [0.29, 0.717) is 0 Å². The fourth-order valence-electron chi connectivity index (χ4n) is 0.987. The summed E-state index contributed by atoms with van der Waals surface area (Å²) >= 11 is 0. The number of aliphatic hydroxyl groups is 1. The summed E-state index contributed by atoms with van der Waals surface area (Å²) in [5.74, 6) is 0. The summed E-state index contributed by atoms with van der Waals surface area (Å²) in [6.45, 7) is 1.84. The number of nitrogens with two attached hydrogens (primary N) is 1. The van der Waals surface area contributed by atoms with Crippen molar-refractivity contribution in [1.29, 1.82) is 0 Å². The Morgan fingerprint density at radius 2 is 2.45 bits per heavy atom. The standard InChI is InChI=1S/C8H12N2O/c1-6-7(8(9)5-11)3-2-4-10-6/h2-4,8,11H,5,9H2,1H3. The van der Waals surface area contributed by atoms with Crippen LogP contribution in [-0.2, 0) is 0 Å². The van der Waals surface area contributed by atoms with Gasteiger partial charge in [0, 0.05) is 11.9 Å². The van der Waals surface area contributed by atoms with Crippen LogP contribution in [0.3, 0.4) is 0 Å². The molecule has 0 spiro atoms. The molecule has 60 valence electrons. The molecule has 3 heteroatoms. The summed E-state index contributed by atoms with van der Waals surface area (Å²) < 4.78 is 0. The highest BCUT2D eigenvalue weighted by Crippen LogP contribution is 2.11. The second-order valence-electron chi connectivity index (χ2n) is 2.47. The Labute approximate surface area is 65.9 Å². The van der Waals surface area contributed by atoms with Crippen molar-refractivity contribution in [3.63, 3.8) is 0 Å². The van der Waals surface area contributed by atoms with Gasteiger partial charge in [-0.2, -0.15) is 0 Å². The molecule has 0 fully saturated rings. The van der Waals surface area contributed by atoms with Crippen LogP contribution < -0.4 is 5.73 Å². The SMILES string of the molecule is Cc1ncccc1C(N)CO. The van der Waals surface area contributed by atoms with Crippen LogP contribution in [0.15, 0.2) is 18.3 Å². The fraction of sp³-hybridized carbons (Fsp3) is 0.375. The third kappa shape index (κ3) is 1.76. The van der Waals surface area contributed by atoms with Gasteiger partial charge in [0.05, 0.1) is 12.6 Å². The van der Waals surface area contributed by atoms with Crippen LogP contribution in [0.4, 0.5) is 0 Å². The highest BCUT2D eigenvalue weighted by atomic mass is 16.3. The molecule has 0 amide bonds. The van der Waals surface area contributed by atoms with Crippen molar-refractivity contribution in [1.82, 2.24) is 4.98 Å². The average molecular weight is 152 g/mol. The van der Waals surface area contributed by atoms with Gasteiger partial charge in [0.2, 0.25) is 0 Å². The molecule has 0 aliphatic heterocycles. The quantitative estimate of drug-likeness (QED) is 0.644. The minimum Gasteiger partial charge on any atom is -0.394 e. The first-order valence-electron chi connectivity index (χ1n) is 3.53.